The largest absolute Gasteiger partial charge is 0.248 e. The van der Waals surface area contributed by atoms with Gasteiger partial charge in [-0.15, -0.1) is 11.3 Å². The van der Waals surface area contributed by atoms with Crippen LogP contribution in [0.2, 0.25) is 0 Å². The van der Waals surface area contributed by atoms with E-state index in [2.05, 4.69) is 41.4 Å². The van der Waals surface area contributed by atoms with E-state index < -0.39 is 0 Å². The Kier molecular flexibility index (Phi) is 2.32. The van der Waals surface area contributed by atoms with E-state index in [4.69, 9.17) is 4.98 Å². The van der Waals surface area contributed by atoms with Gasteiger partial charge >= 0.3 is 0 Å². The molecule has 0 radical (unpaired) electrons. The van der Waals surface area contributed by atoms with E-state index >= 15 is 0 Å². The van der Waals surface area contributed by atoms with Crippen LogP contribution in [-0.4, -0.2) is 9.97 Å². The Balaban J connectivity index is 2.01. The molecule has 0 aliphatic heterocycles. The van der Waals surface area contributed by atoms with Gasteiger partial charge in [-0.3, -0.25) is 0 Å². The molecule has 3 heteroatoms. The minimum Gasteiger partial charge on any atom is -0.248 e. The monoisotopic (exact) mass is 262 g/mol. The fourth-order valence-electron chi connectivity index (χ4n) is 2.31. The summed E-state index contributed by atoms with van der Waals surface area (Å²) in [5.74, 6) is 0. The third-order valence-electron chi connectivity index (χ3n) is 3.23. The third-order valence-corrected chi connectivity index (χ3v) is 4.03. The van der Waals surface area contributed by atoms with E-state index in [-0.39, 0.29) is 0 Å². The second-order valence-electron chi connectivity index (χ2n) is 4.39. The molecule has 0 spiro atoms. The second kappa shape index (κ2) is 4.14. The van der Waals surface area contributed by atoms with E-state index in [0.29, 0.717) is 0 Å². The van der Waals surface area contributed by atoms with Gasteiger partial charge in [0.05, 0.1) is 26.9 Å². The van der Waals surface area contributed by atoms with Crippen molar-refractivity contribution in [3.05, 3.63) is 60.1 Å². The number of thiazole rings is 1. The zero-order valence-electron chi connectivity index (χ0n) is 10.1. The lowest BCUT2D eigenvalue weighted by atomic mass is 10.1. The summed E-state index contributed by atoms with van der Waals surface area (Å²) in [5, 5.41) is 1.16. The van der Waals surface area contributed by atoms with Crippen molar-refractivity contribution >= 4 is 32.5 Å². The van der Waals surface area contributed by atoms with Gasteiger partial charge in [0.1, 0.15) is 0 Å². The minimum atomic E-state index is 0.982. The van der Waals surface area contributed by atoms with Crippen LogP contribution in [0.4, 0.5) is 0 Å². The van der Waals surface area contributed by atoms with Gasteiger partial charge in [0.15, 0.2) is 0 Å². The van der Waals surface area contributed by atoms with E-state index in [1.54, 1.807) is 11.3 Å². The first-order valence-corrected chi connectivity index (χ1v) is 6.98. The first-order valence-electron chi connectivity index (χ1n) is 6.10. The van der Waals surface area contributed by atoms with Crippen molar-refractivity contribution in [3.8, 4) is 11.3 Å². The highest BCUT2D eigenvalue weighted by molar-refractivity contribution is 7.16. The SMILES string of the molecule is c1ccc2nc(-c3cccc4scnc34)ccc2c1. The molecule has 0 unspecified atom stereocenters. The van der Waals surface area contributed by atoms with Crippen LogP contribution in [0.1, 0.15) is 0 Å². The van der Waals surface area contributed by atoms with Crippen molar-refractivity contribution in [2.24, 2.45) is 0 Å². The van der Waals surface area contributed by atoms with Crippen molar-refractivity contribution in [3.63, 3.8) is 0 Å². The fraction of sp³-hybridized carbons (Fsp3) is 0. The van der Waals surface area contributed by atoms with Crippen LogP contribution in [0.5, 0.6) is 0 Å². The van der Waals surface area contributed by atoms with Crippen molar-refractivity contribution < 1.29 is 0 Å². The number of rotatable bonds is 1. The molecule has 0 saturated carbocycles. The summed E-state index contributed by atoms with van der Waals surface area (Å²) in [6.07, 6.45) is 0. The summed E-state index contributed by atoms with van der Waals surface area (Å²) >= 11 is 1.66. The summed E-state index contributed by atoms with van der Waals surface area (Å²) in [5.41, 5.74) is 6.03. The first-order chi connectivity index (χ1) is 9.42. The molecule has 2 heterocycles. The van der Waals surface area contributed by atoms with Gasteiger partial charge < -0.3 is 0 Å². The second-order valence-corrected chi connectivity index (χ2v) is 5.28. The molecule has 2 aromatic carbocycles. The van der Waals surface area contributed by atoms with Crippen LogP contribution < -0.4 is 0 Å². The van der Waals surface area contributed by atoms with Gasteiger partial charge in [0, 0.05) is 10.9 Å². The van der Waals surface area contributed by atoms with Crippen LogP contribution in [0.25, 0.3) is 32.4 Å². The quantitative estimate of drug-likeness (QED) is 0.504. The van der Waals surface area contributed by atoms with Crippen LogP contribution in [-0.2, 0) is 0 Å². The molecule has 90 valence electrons. The molecular weight excluding hydrogens is 252 g/mol. The number of benzene rings is 2. The lowest BCUT2D eigenvalue weighted by Gasteiger charge is -2.04. The summed E-state index contributed by atoms with van der Waals surface area (Å²) < 4.78 is 1.20. The minimum absolute atomic E-state index is 0.982. The van der Waals surface area contributed by atoms with Crippen molar-refractivity contribution in [1.82, 2.24) is 9.97 Å². The number of hydrogen-bond acceptors (Lipinski definition) is 3. The Morgan fingerprint density at radius 3 is 2.79 bits per heavy atom. The lowest BCUT2D eigenvalue weighted by Crippen LogP contribution is -1.86. The summed E-state index contributed by atoms with van der Waals surface area (Å²) in [6, 6.07) is 18.6. The summed E-state index contributed by atoms with van der Waals surface area (Å²) in [4.78, 5) is 9.19. The molecule has 0 fully saturated rings. The summed E-state index contributed by atoms with van der Waals surface area (Å²) in [6.45, 7) is 0. The van der Waals surface area contributed by atoms with E-state index in [1.165, 1.54) is 4.70 Å². The van der Waals surface area contributed by atoms with Crippen LogP contribution in [0.3, 0.4) is 0 Å². The maximum atomic E-state index is 4.74. The Labute approximate surface area is 114 Å². The highest BCUT2D eigenvalue weighted by Crippen LogP contribution is 2.29. The van der Waals surface area contributed by atoms with Gasteiger partial charge in [-0.05, 0) is 18.2 Å². The zero-order valence-corrected chi connectivity index (χ0v) is 10.9. The molecule has 0 saturated heterocycles. The topological polar surface area (TPSA) is 25.8 Å². The van der Waals surface area contributed by atoms with Gasteiger partial charge in [-0.25, -0.2) is 9.97 Å². The normalized spacial score (nSPS) is 11.2. The molecule has 0 aliphatic rings. The van der Waals surface area contributed by atoms with Crippen molar-refractivity contribution in [2.45, 2.75) is 0 Å². The Hall–Kier alpha value is -2.26. The molecule has 2 nitrogen and oxygen atoms in total. The standard InChI is InChI=1S/C16H10N2S/c1-2-6-13-11(4-1)8-9-14(18-13)12-5-3-7-15-16(12)17-10-19-15/h1-10H. The van der Waals surface area contributed by atoms with Crippen molar-refractivity contribution in [2.75, 3.05) is 0 Å². The Bertz CT molecular complexity index is 880. The van der Waals surface area contributed by atoms with E-state index in [1.807, 2.05) is 23.7 Å². The number of para-hydroxylation sites is 2. The highest BCUT2D eigenvalue weighted by atomic mass is 32.1. The zero-order chi connectivity index (χ0) is 12.7. The molecule has 2 aromatic heterocycles. The van der Waals surface area contributed by atoms with Gasteiger partial charge in [0.25, 0.3) is 0 Å². The molecule has 0 aliphatic carbocycles. The molecular formula is C16H10N2S. The molecule has 0 amide bonds. The number of hydrogen-bond donors (Lipinski definition) is 0. The Morgan fingerprint density at radius 2 is 1.79 bits per heavy atom. The van der Waals surface area contributed by atoms with Gasteiger partial charge in [0.2, 0.25) is 0 Å². The molecule has 19 heavy (non-hydrogen) atoms. The number of pyridine rings is 1. The molecule has 4 aromatic rings. The van der Waals surface area contributed by atoms with Crippen LogP contribution >= 0.6 is 11.3 Å². The number of aromatic nitrogens is 2. The Morgan fingerprint density at radius 1 is 0.842 bits per heavy atom. The number of fused-ring (bicyclic) bond motifs is 2. The predicted molar refractivity (Wildman–Crippen MR) is 80.4 cm³/mol. The average Bonchev–Trinajstić information content (AvgIpc) is 2.95. The maximum absolute atomic E-state index is 4.74. The predicted octanol–water partition coefficient (Wildman–Crippen LogP) is 4.51. The van der Waals surface area contributed by atoms with Gasteiger partial charge in [-0.1, -0.05) is 36.4 Å². The van der Waals surface area contributed by atoms with Crippen LogP contribution in [0.15, 0.2) is 60.1 Å². The highest BCUT2D eigenvalue weighted by Gasteiger charge is 2.07. The van der Waals surface area contributed by atoms with Crippen LogP contribution in [0, 0.1) is 0 Å². The molecule has 0 atom stereocenters. The average molecular weight is 262 g/mol. The van der Waals surface area contributed by atoms with Gasteiger partial charge in [-0.2, -0.15) is 0 Å². The van der Waals surface area contributed by atoms with E-state index in [0.717, 1.165) is 27.7 Å². The molecule has 0 bridgehead atoms. The lowest BCUT2D eigenvalue weighted by molar-refractivity contribution is 1.39. The maximum Gasteiger partial charge on any atom is 0.0905 e. The fourth-order valence-corrected chi connectivity index (χ4v) is 3.01. The smallest absolute Gasteiger partial charge is 0.0905 e. The molecule has 4 rings (SSSR count). The van der Waals surface area contributed by atoms with E-state index in [9.17, 15) is 0 Å². The summed E-state index contributed by atoms with van der Waals surface area (Å²) in [7, 11) is 0. The first kappa shape index (κ1) is 10.6. The third kappa shape index (κ3) is 1.71. The molecule has 0 N–H and O–H groups in total. The van der Waals surface area contributed by atoms with Crippen molar-refractivity contribution in [1.29, 1.82) is 0 Å². The number of nitrogens with zero attached hydrogens (tertiary/aromatic N) is 2.